The second-order valence-corrected chi connectivity index (χ2v) is 8.64. The van der Waals surface area contributed by atoms with Gasteiger partial charge >= 0.3 is 6.61 Å². The summed E-state index contributed by atoms with van der Waals surface area (Å²) in [6, 6.07) is 13.7. The molecule has 2 aromatic carbocycles. The molecule has 5 rings (SSSR count). The van der Waals surface area contributed by atoms with Gasteiger partial charge in [-0.05, 0) is 49.2 Å². The van der Waals surface area contributed by atoms with Crippen LogP contribution in [0.1, 0.15) is 35.2 Å². The van der Waals surface area contributed by atoms with E-state index in [1.165, 1.54) is 6.07 Å². The number of halogens is 2. The first-order chi connectivity index (χ1) is 16.5. The van der Waals surface area contributed by atoms with Crippen LogP contribution in [0.5, 0.6) is 11.5 Å². The van der Waals surface area contributed by atoms with Gasteiger partial charge in [0.05, 0.1) is 18.3 Å². The molecule has 0 aliphatic carbocycles. The van der Waals surface area contributed by atoms with Crippen LogP contribution in [0.4, 0.5) is 8.78 Å². The van der Waals surface area contributed by atoms with Crippen molar-refractivity contribution in [3.8, 4) is 11.5 Å². The van der Waals surface area contributed by atoms with Crippen molar-refractivity contribution in [2.75, 3.05) is 26.4 Å². The molecule has 2 aromatic rings. The summed E-state index contributed by atoms with van der Waals surface area (Å²) in [4.78, 5) is 20.4. The molecule has 0 radical (unpaired) electrons. The molecule has 0 bridgehead atoms. The molecule has 0 aromatic heterocycles. The van der Waals surface area contributed by atoms with Gasteiger partial charge in [-0.15, -0.1) is 0 Å². The lowest BCUT2D eigenvalue weighted by atomic mass is 10.0. The maximum absolute atomic E-state index is 13.0. The van der Waals surface area contributed by atoms with Gasteiger partial charge in [-0.3, -0.25) is 15.1 Å². The number of carbonyl (C=O) groups excluding carboxylic acids is 1. The zero-order valence-corrected chi connectivity index (χ0v) is 18.5. The van der Waals surface area contributed by atoms with Gasteiger partial charge in [-0.2, -0.15) is 8.78 Å². The zero-order valence-electron chi connectivity index (χ0n) is 18.5. The predicted molar refractivity (Wildman–Crippen MR) is 119 cm³/mol. The number of benzene rings is 2. The van der Waals surface area contributed by atoms with E-state index in [1.54, 1.807) is 29.2 Å². The molecule has 3 heterocycles. The SMILES string of the molecule is O=C(c1ccccc1)N1CCC[C@@H]1COc1cc(C2=CC3(CCOC3)ON2)ccc1OC(F)F. The van der Waals surface area contributed by atoms with Crippen LogP contribution in [0.15, 0.2) is 54.6 Å². The highest BCUT2D eigenvalue weighted by atomic mass is 19.3. The summed E-state index contributed by atoms with van der Waals surface area (Å²) in [5.74, 6) is 0.0605. The fraction of sp³-hybridized carbons (Fsp3) is 0.400. The number of nitrogens with zero attached hydrogens (tertiary/aromatic N) is 1. The lowest BCUT2D eigenvalue weighted by molar-refractivity contribution is -0.0516. The first kappa shape index (κ1) is 22.6. The third kappa shape index (κ3) is 4.71. The Kier molecular flexibility index (Phi) is 6.38. The van der Waals surface area contributed by atoms with E-state index in [9.17, 15) is 13.6 Å². The second kappa shape index (κ2) is 9.60. The number of hydroxylamine groups is 1. The number of amides is 1. The van der Waals surface area contributed by atoms with E-state index in [2.05, 4.69) is 10.2 Å². The number of likely N-dealkylation sites (tertiary alicyclic amines) is 1. The highest BCUT2D eigenvalue weighted by Gasteiger charge is 2.39. The fourth-order valence-electron chi connectivity index (χ4n) is 4.57. The molecule has 9 heteroatoms. The maximum Gasteiger partial charge on any atom is 0.387 e. The average Bonchev–Trinajstić information content (AvgIpc) is 3.60. The van der Waals surface area contributed by atoms with Crippen molar-refractivity contribution in [2.45, 2.75) is 37.5 Å². The summed E-state index contributed by atoms with van der Waals surface area (Å²) in [5, 5.41) is 0. The number of nitrogens with one attached hydrogen (secondary N) is 1. The van der Waals surface area contributed by atoms with Crippen LogP contribution in [0.2, 0.25) is 0 Å². The topological polar surface area (TPSA) is 69.3 Å². The highest BCUT2D eigenvalue weighted by molar-refractivity contribution is 5.94. The second-order valence-electron chi connectivity index (χ2n) is 8.64. The molecular weight excluding hydrogens is 446 g/mol. The van der Waals surface area contributed by atoms with E-state index in [-0.39, 0.29) is 30.1 Å². The molecule has 0 saturated carbocycles. The monoisotopic (exact) mass is 472 g/mol. The smallest absolute Gasteiger partial charge is 0.387 e. The number of hydrogen-bond acceptors (Lipinski definition) is 6. The minimum Gasteiger partial charge on any atom is -0.488 e. The van der Waals surface area contributed by atoms with Gasteiger partial charge in [-0.25, -0.2) is 0 Å². The Morgan fingerprint density at radius 2 is 2.06 bits per heavy atom. The third-order valence-corrected chi connectivity index (χ3v) is 6.35. The minimum atomic E-state index is -2.98. The fourth-order valence-corrected chi connectivity index (χ4v) is 4.57. The number of carbonyl (C=O) groups is 1. The van der Waals surface area contributed by atoms with Crippen LogP contribution in [0.3, 0.4) is 0 Å². The molecule has 180 valence electrons. The Balaban J connectivity index is 1.33. The third-order valence-electron chi connectivity index (χ3n) is 6.35. The quantitative estimate of drug-likeness (QED) is 0.657. The van der Waals surface area contributed by atoms with Crippen molar-refractivity contribution in [3.05, 3.63) is 65.7 Å². The van der Waals surface area contributed by atoms with Crippen LogP contribution < -0.4 is 15.0 Å². The largest absolute Gasteiger partial charge is 0.488 e. The normalized spacial score (nSPS) is 23.9. The van der Waals surface area contributed by atoms with Crippen LogP contribution in [-0.2, 0) is 9.57 Å². The summed E-state index contributed by atoms with van der Waals surface area (Å²) >= 11 is 0. The summed E-state index contributed by atoms with van der Waals surface area (Å²) in [6.45, 7) is -1.13. The van der Waals surface area contributed by atoms with E-state index in [0.29, 0.717) is 36.6 Å². The van der Waals surface area contributed by atoms with Gasteiger partial charge in [0.1, 0.15) is 12.2 Å². The molecule has 3 aliphatic rings. The lowest BCUT2D eigenvalue weighted by Gasteiger charge is -2.25. The standard InChI is InChI=1S/C25H26F2N2O5/c26-24(27)33-21-9-8-18(20-14-25(34-28-20)10-12-31-16-25)13-22(21)32-15-19-7-4-11-29(19)23(30)17-5-2-1-3-6-17/h1-3,5-6,8-9,13-14,19,24,28H,4,7,10-12,15-16H2/t19-,25?/m1/s1. The summed E-state index contributed by atoms with van der Waals surface area (Å²) in [6.07, 6.45) is 4.30. The molecule has 7 nitrogen and oxygen atoms in total. The van der Waals surface area contributed by atoms with Crippen molar-refractivity contribution in [2.24, 2.45) is 0 Å². The maximum atomic E-state index is 13.0. The molecule has 2 fully saturated rings. The average molecular weight is 472 g/mol. The molecule has 1 unspecified atom stereocenters. The van der Waals surface area contributed by atoms with Crippen molar-refractivity contribution < 1.29 is 32.6 Å². The molecule has 3 aliphatic heterocycles. The Bertz CT molecular complexity index is 1060. The van der Waals surface area contributed by atoms with Crippen LogP contribution in [0, 0.1) is 0 Å². The Morgan fingerprint density at radius 3 is 2.82 bits per heavy atom. The van der Waals surface area contributed by atoms with Gasteiger partial charge in [0.2, 0.25) is 0 Å². The first-order valence-electron chi connectivity index (χ1n) is 11.4. The minimum absolute atomic E-state index is 0.0592. The van der Waals surface area contributed by atoms with Gasteiger partial charge in [0.15, 0.2) is 11.5 Å². The predicted octanol–water partition coefficient (Wildman–Crippen LogP) is 4.01. The van der Waals surface area contributed by atoms with E-state index in [4.69, 9.17) is 14.3 Å². The number of ether oxygens (including phenoxy) is 3. The number of rotatable bonds is 7. The molecule has 2 saturated heterocycles. The van der Waals surface area contributed by atoms with E-state index in [0.717, 1.165) is 19.3 Å². The Labute approximate surface area is 196 Å². The van der Waals surface area contributed by atoms with Gasteiger partial charge in [0.25, 0.3) is 5.91 Å². The Morgan fingerprint density at radius 1 is 1.21 bits per heavy atom. The van der Waals surface area contributed by atoms with Gasteiger partial charge in [0, 0.05) is 30.7 Å². The zero-order chi connectivity index (χ0) is 23.5. The van der Waals surface area contributed by atoms with E-state index < -0.39 is 12.2 Å². The van der Waals surface area contributed by atoms with Gasteiger partial charge < -0.3 is 19.1 Å². The molecule has 2 atom stereocenters. The van der Waals surface area contributed by atoms with Crippen molar-refractivity contribution >= 4 is 11.6 Å². The van der Waals surface area contributed by atoms with Crippen molar-refractivity contribution in [1.82, 2.24) is 10.4 Å². The molecule has 1 N–H and O–H groups in total. The first-order valence-corrected chi connectivity index (χ1v) is 11.4. The highest BCUT2D eigenvalue weighted by Crippen LogP contribution is 2.37. The van der Waals surface area contributed by atoms with Crippen molar-refractivity contribution in [1.29, 1.82) is 0 Å². The number of hydrogen-bond donors (Lipinski definition) is 1. The number of alkyl halides is 2. The van der Waals surface area contributed by atoms with Crippen LogP contribution >= 0.6 is 0 Å². The van der Waals surface area contributed by atoms with Crippen LogP contribution in [-0.4, -0.2) is 55.4 Å². The van der Waals surface area contributed by atoms with E-state index in [1.807, 2.05) is 24.3 Å². The molecular formula is C25H26F2N2O5. The Hall–Kier alpha value is -3.17. The molecule has 34 heavy (non-hydrogen) atoms. The summed E-state index contributed by atoms with van der Waals surface area (Å²) in [7, 11) is 0. The summed E-state index contributed by atoms with van der Waals surface area (Å²) in [5.41, 5.74) is 4.43. The molecule has 1 amide bonds. The van der Waals surface area contributed by atoms with Gasteiger partial charge in [-0.1, -0.05) is 18.2 Å². The van der Waals surface area contributed by atoms with E-state index >= 15 is 0 Å². The lowest BCUT2D eigenvalue weighted by Crippen LogP contribution is -2.39. The van der Waals surface area contributed by atoms with Crippen molar-refractivity contribution in [3.63, 3.8) is 0 Å². The van der Waals surface area contributed by atoms with Crippen LogP contribution in [0.25, 0.3) is 5.70 Å². The summed E-state index contributed by atoms with van der Waals surface area (Å²) < 4.78 is 42.1. The molecule has 1 spiro atoms.